The number of hydrogen-bond acceptors (Lipinski definition) is 3. The van der Waals surface area contributed by atoms with Crippen molar-refractivity contribution in [1.29, 1.82) is 0 Å². The Morgan fingerprint density at radius 1 is 1.29 bits per heavy atom. The molecule has 0 N–H and O–H groups in total. The lowest BCUT2D eigenvalue weighted by atomic mass is 10.3. The molecule has 0 aromatic carbocycles. The highest BCUT2D eigenvalue weighted by Gasteiger charge is 2.04. The Balaban J connectivity index is 2.18. The van der Waals surface area contributed by atoms with Gasteiger partial charge in [0.25, 0.3) is 5.22 Å². The van der Waals surface area contributed by atoms with E-state index in [9.17, 15) is 0 Å². The Hall–Kier alpha value is -0.150. The molecule has 0 aliphatic rings. The summed E-state index contributed by atoms with van der Waals surface area (Å²) in [6.07, 6.45) is 3.47. The highest BCUT2D eigenvalue weighted by molar-refractivity contribution is 7.99. The SMILES string of the molecule is Cc1nc(SCCCCCCl)oc1C. The van der Waals surface area contributed by atoms with Gasteiger partial charge in [-0.05, 0) is 26.7 Å². The first-order valence-corrected chi connectivity index (χ1v) is 6.39. The van der Waals surface area contributed by atoms with Crippen LogP contribution in [0, 0.1) is 13.8 Å². The maximum absolute atomic E-state index is 5.58. The monoisotopic (exact) mass is 233 g/mol. The lowest BCUT2D eigenvalue weighted by molar-refractivity contribution is 0.431. The zero-order chi connectivity index (χ0) is 10.4. The Bertz CT molecular complexity index is 256. The molecular formula is C10H16ClNOS. The van der Waals surface area contributed by atoms with Crippen molar-refractivity contribution in [3.8, 4) is 0 Å². The van der Waals surface area contributed by atoms with Gasteiger partial charge in [0.2, 0.25) is 0 Å². The van der Waals surface area contributed by atoms with Crippen LogP contribution >= 0.6 is 23.4 Å². The van der Waals surface area contributed by atoms with Gasteiger partial charge in [0.05, 0.1) is 5.69 Å². The smallest absolute Gasteiger partial charge is 0.256 e. The van der Waals surface area contributed by atoms with E-state index >= 15 is 0 Å². The molecule has 0 unspecified atom stereocenters. The van der Waals surface area contributed by atoms with Crippen molar-refractivity contribution in [3.63, 3.8) is 0 Å². The first kappa shape index (κ1) is 11.9. The largest absolute Gasteiger partial charge is 0.437 e. The number of aromatic nitrogens is 1. The Morgan fingerprint density at radius 2 is 2.07 bits per heavy atom. The average Bonchev–Trinajstić information content (AvgIpc) is 2.46. The van der Waals surface area contributed by atoms with Crippen LogP contribution in [0.5, 0.6) is 0 Å². The number of thioether (sulfide) groups is 1. The van der Waals surface area contributed by atoms with E-state index < -0.39 is 0 Å². The summed E-state index contributed by atoms with van der Waals surface area (Å²) in [4.78, 5) is 4.30. The molecule has 2 nitrogen and oxygen atoms in total. The number of alkyl halides is 1. The first-order chi connectivity index (χ1) is 6.74. The molecule has 0 fully saturated rings. The molecule has 0 spiro atoms. The Kier molecular flexibility index (Phi) is 5.41. The molecule has 1 heterocycles. The molecule has 0 amide bonds. The second kappa shape index (κ2) is 6.36. The fraction of sp³-hybridized carbons (Fsp3) is 0.700. The lowest BCUT2D eigenvalue weighted by Crippen LogP contribution is -1.82. The molecule has 1 aromatic rings. The molecule has 0 aliphatic heterocycles. The summed E-state index contributed by atoms with van der Waals surface area (Å²) in [6.45, 7) is 3.91. The number of unbranched alkanes of at least 4 members (excludes halogenated alkanes) is 2. The van der Waals surface area contributed by atoms with Crippen molar-refractivity contribution in [2.45, 2.75) is 38.3 Å². The maximum atomic E-state index is 5.58. The van der Waals surface area contributed by atoms with Gasteiger partial charge in [-0.25, -0.2) is 4.98 Å². The normalized spacial score (nSPS) is 10.8. The van der Waals surface area contributed by atoms with Gasteiger partial charge in [-0.1, -0.05) is 18.2 Å². The van der Waals surface area contributed by atoms with Crippen LogP contribution in [0.3, 0.4) is 0 Å². The summed E-state index contributed by atoms with van der Waals surface area (Å²) in [5.74, 6) is 2.76. The molecular weight excluding hydrogens is 218 g/mol. The fourth-order valence-corrected chi connectivity index (χ4v) is 2.14. The van der Waals surface area contributed by atoms with Crippen LogP contribution in [-0.2, 0) is 0 Å². The van der Waals surface area contributed by atoms with Gasteiger partial charge < -0.3 is 4.42 Å². The van der Waals surface area contributed by atoms with Gasteiger partial charge in [0, 0.05) is 11.6 Å². The minimum Gasteiger partial charge on any atom is -0.437 e. The summed E-state index contributed by atoms with van der Waals surface area (Å²) >= 11 is 7.27. The fourth-order valence-electron chi connectivity index (χ4n) is 1.04. The van der Waals surface area contributed by atoms with Crippen LogP contribution in [0.2, 0.25) is 0 Å². The van der Waals surface area contributed by atoms with Gasteiger partial charge >= 0.3 is 0 Å². The van der Waals surface area contributed by atoms with E-state index in [0.717, 1.165) is 34.7 Å². The van der Waals surface area contributed by atoms with Crippen LogP contribution in [0.25, 0.3) is 0 Å². The van der Waals surface area contributed by atoms with Crippen molar-refractivity contribution in [3.05, 3.63) is 11.5 Å². The highest BCUT2D eigenvalue weighted by Crippen LogP contribution is 2.21. The summed E-state index contributed by atoms with van der Waals surface area (Å²) in [5, 5.41) is 0.797. The third-order valence-electron chi connectivity index (χ3n) is 2.01. The minimum atomic E-state index is 0.766. The average molecular weight is 234 g/mol. The zero-order valence-electron chi connectivity index (χ0n) is 8.68. The number of halogens is 1. The van der Waals surface area contributed by atoms with Crippen LogP contribution in [0.4, 0.5) is 0 Å². The van der Waals surface area contributed by atoms with Crippen LogP contribution < -0.4 is 0 Å². The molecule has 0 radical (unpaired) electrons. The molecule has 14 heavy (non-hydrogen) atoms. The predicted octanol–water partition coefficient (Wildman–Crippen LogP) is 3.79. The van der Waals surface area contributed by atoms with Gasteiger partial charge in [-0.15, -0.1) is 11.6 Å². The quantitative estimate of drug-likeness (QED) is 0.425. The minimum absolute atomic E-state index is 0.766. The number of rotatable bonds is 6. The van der Waals surface area contributed by atoms with E-state index in [1.807, 2.05) is 13.8 Å². The van der Waals surface area contributed by atoms with Gasteiger partial charge in [0.1, 0.15) is 5.76 Å². The number of aryl methyl sites for hydroxylation is 2. The molecule has 0 aliphatic carbocycles. The number of oxazole rings is 1. The number of hydrogen-bond donors (Lipinski definition) is 0. The lowest BCUT2D eigenvalue weighted by Gasteiger charge is -1.95. The van der Waals surface area contributed by atoms with Crippen molar-refractivity contribution < 1.29 is 4.42 Å². The second-order valence-electron chi connectivity index (χ2n) is 3.22. The predicted molar refractivity (Wildman–Crippen MR) is 61.3 cm³/mol. The summed E-state index contributed by atoms with van der Waals surface area (Å²) in [6, 6.07) is 0. The van der Waals surface area contributed by atoms with E-state index in [4.69, 9.17) is 16.0 Å². The summed E-state index contributed by atoms with van der Waals surface area (Å²) < 4.78 is 5.45. The Labute approximate surface area is 94.4 Å². The summed E-state index contributed by atoms with van der Waals surface area (Å²) in [7, 11) is 0. The first-order valence-electron chi connectivity index (χ1n) is 4.87. The van der Waals surface area contributed by atoms with Gasteiger partial charge in [-0.2, -0.15) is 0 Å². The molecule has 0 bridgehead atoms. The van der Waals surface area contributed by atoms with Crippen molar-refractivity contribution in [1.82, 2.24) is 4.98 Å². The van der Waals surface area contributed by atoms with Crippen LogP contribution in [-0.4, -0.2) is 16.6 Å². The Morgan fingerprint density at radius 3 is 2.64 bits per heavy atom. The zero-order valence-corrected chi connectivity index (χ0v) is 10.2. The maximum Gasteiger partial charge on any atom is 0.256 e. The molecule has 0 saturated carbocycles. The van der Waals surface area contributed by atoms with E-state index in [0.29, 0.717) is 0 Å². The van der Waals surface area contributed by atoms with Gasteiger partial charge in [0.15, 0.2) is 0 Å². The van der Waals surface area contributed by atoms with Crippen molar-refractivity contribution in [2.75, 3.05) is 11.6 Å². The van der Waals surface area contributed by atoms with E-state index in [2.05, 4.69) is 4.98 Å². The van der Waals surface area contributed by atoms with E-state index in [1.54, 1.807) is 11.8 Å². The van der Waals surface area contributed by atoms with E-state index in [1.165, 1.54) is 12.8 Å². The van der Waals surface area contributed by atoms with Crippen molar-refractivity contribution in [2.24, 2.45) is 0 Å². The topological polar surface area (TPSA) is 26.0 Å². The summed E-state index contributed by atoms with van der Waals surface area (Å²) in [5.41, 5.74) is 0.994. The van der Waals surface area contributed by atoms with Crippen LogP contribution in [0.15, 0.2) is 9.64 Å². The third-order valence-corrected chi connectivity index (χ3v) is 3.19. The standard InChI is InChI=1S/C10H16ClNOS/c1-8-9(2)13-10(12-8)14-7-5-3-4-6-11/h3-7H2,1-2H3. The van der Waals surface area contributed by atoms with Crippen LogP contribution in [0.1, 0.15) is 30.7 Å². The third kappa shape index (κ3) is 3.93. The second-order valence-corrected chi connectivity index (χ2v) is 4.64. The molecule has 80 valence electrons. The highest BCUT2D eigenvalue weighted by atomic mass is 35.5. The molecule has 1 aromatic heterocycles. The molecule has 0 atom stereocenters. The van der Waals surface area contributed by atoms with Gasteiger partial charge in [-0.3, -0.25) is 0 Å². The molecule has 1 rings (SSSR count). The van der Waals surface area contributed by atoms with Crippen molar-refractivity contribution >= 4 is 23.4 Å². The molecule has 4 heteroatoms. The molecule has 0 saturated heterocycles. The van der Waals surface area contributed by atoms with E-state index in [-0.39, 0.29) is 0 Å². The number of nitrogens with zero attached hydrogens (tertiary/aromatic N) is 1.